The number of aryl methyl sites for hydroxylation is 1. The Morgan fingerprint density at radius 1 is 1.40 bits per heavy atom. The lowest BCUT2D eigenvalue weighted by Gasteiger charge is -2.23. The molecule has 1 rings (SSSR count). The van der Waals surface area contributed by atoms with Crippen LogP contribution in [-0.2, 0) is 0 Å². The third-order valence-corrected chi connectivity index (χ3v) is 2.32. The van der Waals surface area contributed by atoms with E-state index in [4.69, 9.17) is 11.5 Å². The van der Waals surface area contributed by atoms with E-state index in [1.165, 1.54) is 5.56 Å². The highest BCUT2D eigenvalue weighted by molar-refractivity contribution is 5.53. The molecule has 1 N–H and O–H groups in total. The van der Waals surface area contributed by atoms with Crippen LogP contribution in [0.5, 0.6) is 0 Å². The summed E-state index contributed by atoms with van der Waals surface area (Å²) in [6.07, 6.45) is 6.08. The second-order valence-electron chi connectivity index (χ2n) is 3.49. The lowest BCUT2D eigenvalue weighted by molar-refractivity contribution is 0.290. The minimum atomic E-state index is 0.201. The SMILES string of the molecule is C#CCN(CCCO)c1ccccc1C. The van der Waals surface area contributed by atoms with E-state index in [1.807, 2.05) is 12.1 Å². The Kier molecular flexibility index (Phi) is 4.73. The predicted octanol–water partition coefficient (Wildman–Crippen LogP) is 1.82. The monoisotopic (exact) mass is 203 g/mol. The zero-order chi connectivity index (χ0) is 11.1. The first-order chi connectivity index (χ1) is 7.29. The highest BCUT2D eigenvalue weighted by atomic mass is 16.3. The molecule has 0 aliphatic carbocycles. The molecule has 0 heterocycles. The second-order valence-corrected chi connectivity index (χ2v) is 3.49. The fraction of sp³-hybridized carbons (Fsp3) is 0.385. The van der Waals surface area contributed by atoms with Crippen molar-refractivity contribution in [3.05, 3.63) is 29.8 Å². The Balaban J connectivity index is 2.79. The summed E-state index contributed by atoms with van der Waals surface area (Å²) in [5.74, 6) is 2.65. The van der Waals surface area contributed by atoms with E-state index in [0.717, 1.165) is 18.7 Å². The number of anilines is 1. The van der Waals surface area contributed by atoms with Crippen LogP contribution in [0, 0.1) is 19.3 Å². The zero-order valence-electron chi connectivity index (χ0n) is 9.11. The third kappa shape index (κ3) is 3.30. The summed E-state index contributed by atoms with van der Waals surface area (Å²) in [4.78, 5) is 2.12. The van der Waals surface area contributed by atoms with E-state index in [-0.39, 0.29) is 6.61 Å². The first-order valence-corrected chi connectivity index (χ1v) is 5.14. The molecule has 0 aliphatic rings. The average Bonchev–Trinajstić information content (AvgIpc) is 2.25. The van der Waals surface area contributed by atoms with Gasteiger partial charge < -0.3 is 10.0 Å². The van der Waals surface area contributed by atoms with Crippen molar-refractivity contribution < 1.29 is 5.11 Å². The fourth-order valence-electron chi connectivity index (χ4n) is 1.57. The molecule has 0 radical (unpaired) electrons. The van der Waals surface area contributed by atoms with Crippen LogP contribution in [0.1, 0.15) is 12.0 Å². The number of hydrogen-bond acceptors (Lipinski definition) is 2. The van der Waals surface area contributed by atoms with Crippen molar-refractivity contribution in [3.8, 4) is 12.3 Å². The molecule has 0 aliphatic heterocycles. The zero-order valence-corrected chi connectivity index (χ0v) is 9.11. The smallest absolute Gasteiger partial charge is 0.0791 e. The van der Waals surface area contributed by atoms with Gasteiger partial charge in [-0.05, 0) is 25.0 Å². The maximum absolute atomic E-state index is 8.82. The van der Waals surface area contributed by atoms with Gasteiger partial charge in [0.2, 0.25) is 0 Å². The van der Waals surface area contributed by atoms with Gasteiger partial charge >= 0.3 is 0 Å². The van der Waals surface area contributed by atoms with Crippen molar-refractivity contribution in [1.29, 1.82) is 0 Å². The van der Waals surface area contributed by atoms with Gasteiger partial charge in [0.1, 0.15) is 0 Å². The van der Waals surface area contributed by atoms with Crippen molar-refractivity contribution in [1.82, 2.24) is 0 Å². The van der Waals surface area contributed by atoms with E-state index in [1.54, 1.807) is 0 Å². The number of nitrogens with zero attached hydrogens (tertiary/aromatic N) is 1. The molecule has 0 saturated heterocycles. The minimum absolute atomic E-state index is 0.201. The lowest BCUT2D eigenvalue weighted by atomic mass is 10.1. The fourth-order valence-corrected chi connectivity index (χ4v) is 1.57. The van der Waals surface area contributed by atoms with Crippen LogP contribution in [0.2, 0.25) is 0 Å². The van der Waals surface area contributed by atoms with Gasteiger partial charge in [-0.15, -0.1) is 6.42 Å². The Labute approximate surface area is 91.5 Å². The van der Waals surface area contributed by atoms with E-state index < -0.39 is 0 Å². The molecule has 1 aromatic rings. The van der Waals surface area contributed by atoms with Crippen LogP contribution >= 0.6 is 0 Å². The summed E-state index contributed by atoms with van der Waals surface area (Å²) in [6, 6.07) is 8.14. The summed E-state index contributed by atoms with van der Waals surface area (Å²) >= 11 is 0. The van der Waals surface area contributed by atoms with Crippen molar-refractivity contribution in [3.63, 3.8) is 0 Å². The largest absolute Gasteiger partial charge is 0.396 e. The molecule has 1 aromatic carbocycles. The Hall–Kier alpha value is -1.46. The number of terminal acetylenes is 1. The molecule has 0 amide bonds. The molecule has 2 heteroatoms. The number of hydrogen-bond donors (Lipinski definition) is 1. The summed E-state index contributed by atoms with van der Waals surface area (Å²) in [5.41, 5.74) is 2.37. The average molecular weight is 203 g/mol. The van der Waals surface area contributed by atoms with E-state index >= 15 is 0 Å². The predicted molar refractivity (Wildman–Crippen MR) is 63.9 cm³/mol. The van der Waals surface area contributed by atoms with Gasteiger partial charge in [-0.25, -0.2) is 0 Å². The topological polar surface area (TPSA) is 23.5 Å². The highest BCUT2D eigenvalue weighted by Crippen LogP contribution is 2.18. The van der Waals surface area contributed by atoms with Gasteiger partial charge in [0.15, 0.2) is 0 Å². The summed E-state index contributed by atoms with van der Waals surface area (Å²) < 4.78 is 0. The standard InChI is InChI=1S/C13H17NO/c1-3-9-14(10-6-11-15)13-8-5-4-7-12(13)2/h1,4-5,7-8,15H,6,9-11H2,2H3. The molecule has 0 saturated carbocycles. The van der Waals surface area contributed by atoms with Crippen LogP contribution in [0.25, 0.3) is 0 Å². The number of rotatable bonds is 5. The van der Waals surface area contributed by atoms with Crippen LogP contribution in [0.4, 0.5) is 5.69 Å². The maximum atomic E-state index is 8.82. The number of para-hydroxylation sites is 1. The normalized spacial score (nSPS) is 9.67. The van der Waals surface area contributed by atoms with Gasteiger partial charge in [-0.1, -0.05) is 24.1 Å². The quantitative estimate of drug-likeness (QED) is 0.738. The number of benzene rings is 1. The molecule has 15 heavy (non-hydrogen) atoms. The van der Waals surface area contributed by atoms with Gasteiger partial charge in [-0.2, -0.15) is 0 Å². The molecular weight excluding hydrogens is 186 g/mol. The molecule has 0 fully saturated rings. The maximum Gasteiger partial charge on any atom is 0.0791 e. The molecule has 0 bridgehead atoms. The molecule has 80 valence electrons. The van der Waals surface area contributed by atoms with E-state index in [2.05, 4.69) is 29.9 Å². The van der Waals surface area contributed by atoms with Gasteiger partial charge in [0, 0.05) is 18.8 Å². The Morgan fingerprint density at radius 2 is 2.13 bits per heavy atom. The van der Waals surface area contributed by atoms with Crippen LogP contribution in [0.15, 0.2) is 24.3 Å². The van der Waals surface area contributed by atoms with Crippen LogP contribution in [-0.4, -0.2) is 24.8 Å². The van der Waals surface area contributed by atoms with Gasteiger partial charge in [0.05, 0.1) is 6.54 Å². The van der Waals surface area contributed by atoms with Crippen LogP contribution < -0.4 is 4.90 Å². The van der Waals surface area contributed by atoms with Crippen molar-refractivity contribution >= 4 is 5.69 Å². The number of aliphatic hydroxyl groups is 1. The first-order valence-electron chi connectivity index (χ1n) is 5.14. The Bertz CT molecular complexity index is 341. The lowest BCUT2D eigenvalue weighted by Crippen LogP contribution is -2.26. The van der Waals surface area contributed by atoms with Crippen molar-refractivity contribution in [2.24, 2.45) is 0 Å². The highest BCUT2D eigenvalue weighted by Gasteiger charge is 2.06. The molecule has 2 nitrogen and oxygen atoms in total. The van der Waals surface area contributed by atoms with E-state index in [9.17, 15) is 0 Å². The number of aliphatic hydroxyl groups excluding tert-OH is 1. The van der Waals surface area contributed by atoms with Crippen molar-refractivity contribution in [2.75, 3.05) is 24.6 Å². The summed E-state index contributed by atoms with van der Waals surface area (Å²) in [6.45, 7) is 3.65. The second kappa shape index (κ2) is 6.10. The van der Waals surface area contributed by atoms with Crippen LogP contribution in [0.3, 0.4) is 0 Å². The van der Waals surface area contributed by atoms with Crippen molar-refractivity contribution in [2.45, 2.75) is 13.3 Å². The van der Waals surface area contributed by atoms with E-state index in [0.29, 0.717) is 6.54 Å². The van der Waals surface area contributed by atoms with Gasteiger partial charge in [-0.3, -0.25) is 0 Å². The molecule has 0 spiro atoms. The summed E-state index contributed by atoms with van der Waals surface area (Å²) in [5, 5.41) is 8.82. The molecule has 0 atom stereocenters. The Morgan fingerprint density at radius 3 is 2.73 bits per heavy atom. The molecule has 0 unspecified atom stereocenters. The molecular formula is C13H17NO. The first kappa shape index (κ1) is 11.6. The molecule has 0 aromatic heterocycles. The summed E-state index contributed by atoms with van der Waals surface area (Å²) in [7, 11) is 0. The van der Waals surface area contributed by atoms with Gasteiger partial charge in [0.25, 0.3) is 0 Å². The minimum Gasteiger partial charge on any atom is -0.396 e. The third-order valence-electron chi connectivity index (χ3n) is 2.32.